The van der Waals surface area contributed by atoms with Crippen LogP contribution in [-0.4, -0.2) is 73.6 Å². The number of rotatable bonds is 6. The van der Waals surface area contributed by atoms with Crippen molar-refractivity contribution in [3.05, 3.63) is 28.4 Å². The molecule has 0 bridgehead atoms. The van der Waals surface area contributed by atoms with Crippen molar-refractivity contribution in [3.63, 3.8) is 0 Å². The number of pyridine rings is 1. The first kappa shape index (κ1) is 22.2. The first-order chi connectivity index (χ1) is 14.9. The van der Waals surface area contributed by atoms with E-state index in [1.807, 2.05) is 18.5 Å². The maximum atomic E-state index is 6.66. The minimum absolute atomic E-state index is 0.377. The molecule has 10 heteroatoms. The van der Waals surface area contributed by atoms with Crippen molar-refractivity contribution in [1.82, 2.24) is 19.9 Å². The molecule has 4 rings (SSSR count). The van der Waals surface area contributed by atoms with Gasteiger partial charge in [-0.25, -0.2) is 15.0 Å². The Morgan fingerprint density at radius 3 is 2.26 bits per heavy atom. The Morgan fingerprint density at radius 2 is 1.71 bits per heavy atom. The lowest BCUT2D eigenvalue weighted by atomic mass is 10.1. The molecular weight excluding hydrogens is 457 g/mol. The molecule has 3 heterocycles. The highest BCUT2D eigenvalue weighted by atomic mass is 35.5. The fraction of sp³-hybridized carbons (Fsp3) is 0.381. The molecule has 7 nitrogen and oxygen atoms in total. The number of thioether (sulfide) groups is 1. The number of anilines is 1. The molecule has 0 spiro atoms. The molecule has 0 radical (unpaired) electrons. The molecule has 1 fully saturated rings. The quantitative estimate of drug-likeness (QED) is 0.378. The first-order valence-corrected chi connectivity index (χ1v) is 11.6. The van der Waals surface area contributed by atoms with Crippen LogP contribution >= 0.6 is 35.0 Å². The monoisotopic (exact) mass is 479 g/mol. The molecule has 3 aromatic rings. The average Bonchev–Trinajstić information content (AvgIpc) is 2.72. The Balaban J connectivity index is 1.93. The second kappa shape index (κ2) is 8.86. The largest absolute Gasteiger partial charge is 0.495 e. The highest BCUT2D eigenvalue weighted by Crippen LogP contribution is 2.46. The number of benzene rings is 1. The molecule has 0 unspecified atom stereocenters. The summed E-state index contributed by atoms with van der Waals surface area (Å²) in [5.74, 6) is 1.72. The Morgan fingerprint density at radius 1 is 1.06 bits per heavy atom. The highest BCUT2D eigenvalue weighted by molar-refractivity contribution is 7.98. The van der Waals surface area contributed by atoms with E-state index in [0.717, 1.165) is 29.8 Å². The predicted octanol–water partition coefficient (Wildman–Crippen LogP) is 4.49. The van der Waals surface area contributed by atoms with Crippen molar-refractivity contribution in [2.75, 3.05) is 52.6 Å². The summed E-state index contributed by atoms with van der Waals surface area (Å²) >= 11 is 14.8. The zero-order valence-electron chi connectivity index (χ0n) is 17.9. The maximum Gasteiger partial charge on any atom is 0.187 e. The molecular formula is C21H23Cl2N5O2S. The lowest BCUT2D eigenvalue weighted by Gasteiger charge is -2.43. The molecule has 0 atom stereocenters. The Bertz CT molecular complexity index is 1110. The van der Waals surface area contributed by atoms with Crippen LogP contribution in [0.1, 0.15) is 0 Å². The summed E-state index contributed by atoms with van der Waals surface area (Å²) in [7, 11) is 7.27. The first-order valence-electron chi connectivity index (χ1n) is 9.61. The third-order valence-electron chi connectivity index (χ3n) is 5.43. The molecule has 2 aromatic heterocycles. The zero-order chi connectivity index (χ0) is 22.3. The summed E-state index contributed by atoms with van der Waals surface area (Å²) in [6.07, 6.45) is 3.77. The predicted molar refractivity (Wildman–Crippen MR) is 127 cm³/mol. The van der Waals surface area contributed by atoms with Gasteiger partial charge in [-0.3, -0.25) is 0 Å². The number of hydrogen-bond acceptors (Lipinski definition) is 8. The van der Waals surface area contributed by atoms with Gasteiger partial charge < -0.3 is 19.3 Å². The Kier molecular flexibility index (Phi) is 6.35. The number of fused-ring (bicyclic) bond motifs is 1. The highest BCUT2D eigenvalue weighted by Gasteiger charge is 2.32. The van der Waals surface area contributed by atoms with Crippen LogP contribution < -0.4 is 14.4 Å². The van der Waals surface area contributed by atoms with Crippen molar-refractivity contribution >= 4 is 51.7 Å². The fourth-order valence-corrected chi connectivity index (χ4v) is 4.55. The third kappa shape index (κ3) is 3.98. The van der Waals surface area contributed by atoms with Crippen molar-refractivity contribution in [2.24, 2.45) is 0 Å². The molecule has 1 aromatic carbocycles. The van der Waals surface area contributed by atoms with Gasteiger partial charge in [-0.05, 0) is 26.4 Å². The van der Waals surface area contributed by atoms with Crippen LogP contribution in [0.15, 0.2) is 23.5 Å². The number of halogens is 2. The number of nitrogens with zero attached hydrogens (tertiary/aromatic N) is 5. The Labute approximate surface area is 195 Å². The van der Waals surface area contributed by atoms with Gasteiger partial charge in [0.05, 0.1) is 30.0 Å². The van der Waals surface area contributed by atoms with Crippen LogP contribution in [-0.2, 0) is 0 Å². The van der Waals surface area contributed by atoms with Gasteiger partial charge >= 0.3 is 0 Å². The summed E-state index contributed by atoms with van der Waals surface area (Å²) in [5, 5.41) is 2.32. The van der Waals surface area contributed by atoms with Gasteiger partial charge in [0.2, 0.25) is 0 Å². The van der Waals surface area contributed by atoms with E-state index in [0.29, 0.717) is 44.0 Å². The minimum atomic E-state index is 0.377. The summed E-state index contributed by atoms with van der Waals surface area (Å²) < 4.78 is 10.9. The van der Waals surface area contributed by atoms with Crippen LogP contribution in [0.2, 0.25) is 10.0 Å². The standard InChI is InChI=1S/C21H23Cl2N5O2S/c1-27(2)12-9-28(10-12)20-19-11(8-24-21(26-19)31-5)6-13(25-20)16-17(22)14(29-3)7-15(30-4)18(16)23/h6-8,12H,9-10H2,1-5H3. The molecule has 1 aliphatic rings. The van der Waals surface area contributed by atoms with Gasteiger partial charge in [0.1, 0.15) is 17.0 Å². The molecule has 0 saturated carbocycles. The summed E-state index contributed by atoms with van der Waals surface area (Å²) in [4.78, 5) is 18.6. The van der Waals surface area contributed by atoms with E-state index in [1.54, 1.807) is 20.3 Å². The van der Waals surface area contributed by atoms with Gasteiger partial charge in [-0.2, -0.15) is 0 Å². The SMILES string of the molecule is COc1cc(OC)c(Cl)c(-c2cc3cnc(SC)nc3c(N3CC(N(C)C)C3)n2)c1Cl. The number of likely N-dealkylation sites (N-methyl/N-ethyl adjacent to an activating group) is 1. The van der Waals surface area contributed by atoms with Crippen molar-refractivity contribution in [1.29, 1.82) is 0 Å². The van der Waals surface area contributed by atoms with Crippen LogP contribution in [0.5, 0.6) is 11.5 Å². The lowest BCUT2D eigenvalue weighted by molar-refractivity contribution is 0.246. The zero-order valence-corrected chi connectivity index (χ0v) is 20.3. The second-order valence-electron chi connectivity index (χ2n) is 7.43. The fourth-order valence-electron chi connectivity index (χ4n) is 3.52. The van der Waals surface area contributed by atoms with Crippen molar-refractivity contribution < 1.29 is 9.47 Å². The lowest BCUT2D eigenvalue weighted by Crippen LogP contribution is -2.57. The van der Waals surface area contributed by atoms with E-state index in [9.17, 15) is 0 Å². The van der Waals surface area contributed by atoms with Gasteiger partial charge in [0.15, 0.2) is 11.0 Å². The number of aromatic nitrogens is 3. The summed E-state index contributed by atoms with van der Waals surface area (Å²) in [6, 6.07) is 4.03. The number of methoxy groups -OCH3 is 2. The van der Waals surface area contributed by atoms with E-state index in [4.69, 9.17) is 42.6 Å². The third-order valence-corrected chi connectivity index (χ3v) is 6.74. The van der Waals surface area contributed by atoms with Crippen LogP contribution in [0, 0.1) is 0 Å². The molecule has 0 N–H and O–H groups in total. The average molecular weight is 480 g/mol. The molecule has 0 aliphatic carbocycles. The molecule has 1 saturated heterocycles. The van der Waals surface area contributed by atoms with E-state index in [2.05, 4.69) is 28.9 Å². The van der Waals surface area contributed by atoms with Gasteiger partial charge in [0.25, 0.3) is 0 Å². The Hall–Kier alpha value is -2.00. The van der Waals surface area contributed by atoms with Gasteiger partial charge in [0, 0.05) is 42.3 Å². The van der Waals surface area contributed by atoms with Crippen molar-refractivity contribution in [2.45, 2.75) is 11.2 Å². The van der Waals surface area contributed by atoms with Crippen LogP contribution in [0.25, 0.3) is 22.2 Å². The minimum Gasteiger partial charge on any atom is -0.495 e. The molecule has 31 heavy (non-hydrogen) atoms. The van der Waals surface area contributed by atoms with Crippen LogP contribution in [0.3, 0.4) is 0 Å². The number of hydrogen-bond donors (Lipinski definition) is 0. The topological polar surface area (TPSA) is 63.6 Å². The van der Waals surface area contributed by atoms with Gasteiger partial charge in [-0.15, -0.1) is 0 Å². The van der Waals surface area contributed by atoms with Crippen molar-refractivity contribution in [3.8, 4) is 22.8 Å². The second-order valence-corrected chi connectivity index (χ2v) is 8.96. The molecule has 1 aliphatic heterocycles. The van der Waals surface area contributed by atoms with E-state index >= 15 is 0 Å². The smallest absolute Gasteiger partial charge is 0.187 e. The van der Waals surface area contributed by atoms with Crippen LogP contribution in [0.4, 0.5) is 5.82 Å². The maximum absolute atomic E-state index is 6.66. The molecule has 164 valence electrons. The molecule has 0 amide bonds. The summed E-state index contributed by atoms with van der Waals surface area (Å²) in [6.45, 7) is 1.72. The van der Waals surface area contributed by atoms with Gasteiger partial charge in [-0.1, -0.05) is 35.0 Å². The normalized spacial score (nSPS) is 14.3. The summed E-state index contributed by atoms with van der Waals surface area (Å²) in [5.41, 5.74) is 1.98. The van der Waals surface area contributed by atoms with E-state index in [-0.39, 0.29) is 0 Å². The van der Waals surface area contributed by atoms with E-state index in [1.165, 1.54) is 11.8 Å². The number of ether oxygens (including phenoxy) is 2. The van der Waals surface area contributed by atoms with E-state index < -0.39 is 0 Å².